The van der Waals surface area contributed by atoms with Crippen LogP contribution in [0.2, 0.25) is 0 Å². The average Bonchev–Trinajstić information content (AvgIpc) is 2.66. The standard InChI is InChI=1S/C20H33FN4O2/c1-4-22-20(23-13-16(2)15-25-9-11-26-12-10-25)24-14-17(3)27-19-8-6-5-7-18(19)21/h5-8,16-17H,4,9-15H2,1-3H3,(H2,22,23,24). The Bertz CT molecular complexity index is 579. The number of para-hydroxylation sites is 1. The molecule has 1 aliphatic heterocycles. The predicted molar refractivity (Wildman–Crippen MR) is 107 cm³/mol. The number of morpholine rings is 1. The Labute approximate surface area is 162 Å². The fraction of sp³-hybridized carbons (Fsp3) is 0.650. The third-order valence-corrected chi connectivity index (χ3v) is 4.30. The molecule has 1 fully saturated rings. The van der Waals surface area contributed by atoms with E-state index in [1.54, 1.807) is 18.2 Å². The summed E-state index contributed by atoms with van der Waals surface area (Å²) in [6.07, 6.45) is -0.184. The van der Waals surface area contributed by atoms with Crippen LogP contribution < -0.4 is 15.4 Å². The van der Waals surface area contributed by atoms with Crippen molar-refractivity contribution in [3.05, 3.63) is 30.1 Å². The lowest BCUT2D eigenvalue weighted by Crippen LogP contribution is -2.42. The maximum absolute atomic E-state index is 13.7. The van der Waals surface area contributed by atoms with Crippen molar-refractivity contribution in [3.63, 3.8) is 0 Å². The summed E-state index contributed by atoms with van der Waals surface area (Å²) in [6, 6.07) is 6.45. The van der Waals surface area contributed by atoms with Gasteiger partial charge in [0.1, 0.15) is 6.10 Å². The van der Waals surface area contributed by atoms with E-state index in [-0.39, 0.29) is 17.7 Å². The fourth-order valence-corrected chi connectivity index (χ4v) is 2.91. The highest BCUT2D eigenvalue weighted by molar-refractivity contribution is 5.79. The van der Waals surface area contributed by atoms with Gasteiger partial charge in [0.2, 0.25) is 0 Å². The van der Waals surface area contributed by atoms with Gasteiger partial charge in [0.25, 0.3) is 0 Å². The molecule has 0 radical (unpaired) electrons. The number of ether oxygens (including phenoxy) is 2. The van der Waals surface area contributed by atoms with Crippen molar-refractivity contribution in [2.75, 3.05) is 52.5 Å². The number of hydrogen-bond donors (Lipinski definition) is 2. The lowest BCUT2D eigenvalue weighted by atomic mass is 10.1. The molecule has 7 heteroatoms. The lowest BCUT2D eigenvalue weighted by molar-refractivity contribution is 0.0323. The Balaban J connectivity index is 1.77. The second-order valence-electron chi connectivity index (χ2n) is 6.98. The van der Waals surface area contributed by atoms with Crippen molar-refractivity contribution in [2.45, 2.75) is 26.9 Å². The molecular weight excluding hydrogens is 347 g/mol. The Morgan fingerprint density at radius 1 is 1.26 bits per heavy atom. The summed E-state index contributed by atoms with van der Waals surface area (Å²) < 4.78 is 24.7. The predicted octanol–water partition coefficient (Wildman–Crippen LogP) is 2.12. The summed E-state index contributed by atoms with van der Waals surface area (Å²) in [6.45, 7) is 12.9. The van der Waals surface area contributed by atoms with Crippen LogP contribution in [0.25, 0.3) is 0 Å². The van der Waals surface area contributed by atoms with E-state index < -0.39 is 0 Å². The highest BCUT2D eigenvalue weighted by Crippen LogP contribution is 2.16. The third-order valence-electron chi connectivity index (χ3n) is 4.30. The van der Waals surface area contributed by atoms with Crippen molar-refractivity contribution < 1.29 is 13.9 Å². The number of benzene rings is 1. The van der Waals surface area contributed by atoms with E-state index in [0.29, 0.717) is 12.5 Å². The molecule has 2 unspecified atom stereocenters. The second kappa shape index (κ2) is 11.8. The van der Waals surface area contributed by atoms with Gasteiger partial charge in [-0.2, -0.15) is 0 Å². The number of nitrogens with one attached hydrogen (secondary N) is 2. The number of halogens is 1. The minimum Gasteiger partial charge on any atom is -0.486 e. The first-order valence-corrected chi connectivity index (χ1v) is 9.82. The summed E-state index contributed by atoms with van der Waals surface area (Å²) in [5.74, 6) is 1.15. The van der Waals surface area contributed by atoms with Gasteiger partial charge in [0.05, 0.1) is 19.8 Å². The maximum Gasteiger partial charge on any atom is 0.191 e. The number of hydrogen-bond acceptors (Lipinski definition) is 4. The molecule has 2 rings (SSSR count). The summed E-state index contributed by atoms with van der Waals surface area (Å²) in [5, 5.41) is 6.52. The van der Waals surface area contributed by atoms with Gasteiger partial charge in [-0.15, -0.1) is 0 Å². The van der Waals surface area contributed by atoms with Crippen molar-refractivity contribution in [3.8, 4) is 5.75 Å². The van der Waals surface area contributed by atoms with E-state index in [0.717, 1.165) is 51.9 Å². The lowest BCUT2D eigenvalue weighted by Gasteiger charge is -2.28. The van der Waals surface area contributed by atoms with Crippen LogP contribution in [0.4, 0.5) is 4.39 Å². The molecule has 1 heterocycles. The SMILES string of the molecule is CCNC(=NCC(C)CN1CCOCC1)NCC(C)Oc1ccccc1F. The van der Waals surface area contributed by atoms with Gasteiger partial charge in [-0.25, -0.2) is 4.39 Å². The smallest absolute Gasteiger partial charge is 0.191 e. The van der Waals surface area contributed by atoms with E-state index in [1.165, 1.54) is 6.07 Å². The molecule has 2 atom stereocenters. The summed E-state index contributed by atoms with van der Waals surface area (Å²) in [7, 11) is 0. The van der Waals surface area contributed by atoms with Gasteiger partial charge in [0, 0.05) is 32.7 Å². The normalized spacial score (nSPS) is 18.0. The Morgan fingerprint density at radius 3 is 2.70 bits per heavy atom. The van der Waals surface area contributed by atoms with Gasteiger partial charge < -0.3 is 20.1 Å². The van der Waals surface area contributed by atoms with Crippen molar-refractivity contribution in [1.29, 1.82) is 0 Å². The topological polar surface area (TPSA) is 58.1 Å². The van der Waals surface area contributed by atoms with E-state index in [9.17, 15) is 4.39 Å². The first-order valence-electron chi connectivity index (χ1n) is 9.82. The summed E-state index contributed by atoms with van der Waals surface area (Å²) in [5.41, 5.74) is 0. The van der Waals surface area contributed by atoms with Crippen LogP contribution in [0.15, 0.2) is 29.3 Å². The highest BCUT2D eigenvalue weighted by atomic mass is 19.1. The number of nitrogens with zero attached hydrogens (tertiary/aromatic N) is 2. The molecule has 0 saturated carbocycles. The van der Waals surface area contributed by atoms with Crippen molar-refractivity contribution in [2.24, 2.45) is 10.9 Å². The van der Waals surface area contributed by atoms with Gasteiger partial charge in [0.15, 0.2) is 17.5 Å². The van der Waals surface area contributed by atoms with Crippen LogP contribution in [0.3, 0.4) is 0 Å². The summed E-state index contributed by atoms with van der Waals surface area (Å²) in [4.78, 5) is 7.11. The number of aliphatic imine (C=N–C) groups is 1. The first kappa shape index (κ1) is 21.4. The number of rotatable bonds is 9. The summed E-state index contributed by atoms with van der Waals surface area (Å²) >= 11 is 0. The Kier molecular flexibility index (Phi) is 9.35. The molecule has 0 amide bonds. The molecule has 0 bridgehead atoms. The zero-order chi connectivity index (χ0) is 19.5. The zero-order valence-corrected chi connectivity index (χ0v) is 16.7. The molecule has 1 aliphatic rings. The monoisotopic (exact) mass is 380 g/mol. The van der Waals surface area contributed by atoms with Crippen molar-refractivity contribution >= 4 is 5.96 Å². The van der Waals surface area contributed by atoms with E-state index >= 15 is 0 Å². The van der Waals surface area contributed by atoms with E-state index in [1.807, 2.05) is 13.8 Å². The molecule has 27 heavy (non-hydrogen) atoms. The Morgan fingerprint density at radius 2 is 2.00 bits per heavy atom. The highest BCUT2D eigenvalue weighted by Gasteiger charge is 2.14. The molecule has 152 valence electrons. The molecule has 1 aromatic carbocycles. The molecule has 1 saturated heterocycles. The van der Waals surface area contributed by atoms with E-state index in [4.69, 9.17) is 9.47 Å². The van der Waals surface area contributed by atoms with Crippen LogP contribution >= 0.6 is 0 Å². The zero-order valence-electron chi connectivity index (χ0n) is 16.7. The molecule has 0 aliphatic carbocycles. The van der Waals surface area contributed by atoms with Gasteiger partial charge in [-0.1, -0.05) is 19.1 Å². The molecule has 6 nitrogen and oxygen atoms in total. The van der Waals surface area contributed by atoms with Crippen LogP contribution in [0, 0.1) is 11.7 Å². The van der Waals surface area contributed by atoms with Crippen LogP contribution in [0.1, 0.15) is 20.8 Å². The molecule has 0 aromatic heterocycles. The fourth-order valence-electron chi connectivity index (χ4n) is 2.91. The van der Waals surface area contributed by atoms with Crippen LogP contribution in [-0.4, -0.2) is 69.4 Å². The first-order chi connectivity index (χ1) is 13.1. The van der Waals surface area contributed by atoms with Gasteiger partial charge >= 0.3 is 0 Å². The quantitative estimate of drug-likeness (QED) is 0.508. The minimum atomic E-state index is -0.345. The minimum absolute atomic E-state index is 0.184. The number of guanidine groups is 1. The van der Waals surface area contributed by atoms with Crippen LogP contribution in [0.5, 0.6) is 5.75 Å². The molecule has 2 N–H and O–H groups in total. The Hall–Kier alpha value is -1.86. The van der Waals surface area contributed by atoms with Crippen molar-refractivity contribution in [1.82, 2.24) is 15.5 Å². The second-order valence-corrected chi connectivity index (χ2v) is 6.98. The molecule has 0 spiro atoms. The third kappa shape index (κ3) is 8.13. The average molecular weight is 381 g/mol. The largest absolute Gasteiger partial charge is 0.486 e. The molecular formula is C20H33FN4O2. The van der Waals surface area contributed by atoms with Crippen LogP contribution in [-0.2, 0) is 4.74 Å². The van der Waals surface area contributed by atoms with E-state index in [2.05, 4.69) is 27.4 Å². The van der Waals surface area contributed by atoms with Gasteiger partial charge in [-0.05, 0) is 31.9 Å². The van der Waals surface area contributed by atoms with Gasteiger partial charge in [-0.3, -0.25) is 9.89 Å². The maximum atomic E-state index is 13.7. The molecule has 1 aromatic rings.